The molecule has 0 saturated heterocycles. The average Bonchev–Trinajstić information content (AvgIpc) is 2.98. The zero-order valence-corrected chi connectivity index (χ0v) is 12.8. The summed E-state index contributed by atoms with van der Waals surface area (Å²) in [5.74, 6) is 0.859. The Morgan fingerprint density at radius 2 is 2.20 bits per heavy atom. The van der Waals surface area contributed by atoms with Crippen LogP contribution in [0.4, 0.5) is 5.13 Å². The third-order valence-electron chi connectivity index (χ3n) is 3.18. The van der Waals surface area contributed by atoms with E-state index in [0.717, 1.165) is 16.7 Å². The molecular formula is C14H18N2O3S. The van der Waals surface area contributed by atoms with Crippen LogP contribution in [0.15, 0.2) is 21.9 Å². The van der Waals surface area contributed by atoms with Crippen molar-refractivity contribution in [1.29, 1.82) is 0 Å². The van der Waals surface area contributed by atoms with Crippen LogP contribution >= 0.6 is 11.3 Å². The maximum Gasteiger partial charge on any atom is 0.315 e. The van der Waals surface area contributed by atoms with Crippen LogP contribution in [0.2, 0.25) is 0 Å². The maximum atomic E-state index is 11.2. The SMILES string of the molecule is Cc1ccc(CN(C)c2nc(C(C)(C)C(=O)O)cs2)o1. The maximum absolute atomic E-state index is 11.2. The Morgan fingerprint density at radius 1 is 1.50 bits per heavy atom. The molecule has 1 N–H and O–H groups in total. The van der Waals surface area contributed by atoms with Gasteiger partial charge in [-0.05, 0) is 32.9 Å². The van der Waals surface area contributed by atoms with Gasteiger partial charge in [0, 0.05) is 12.4 Å². The molecule has 0 amide bonds. The Balaban J connectivity index is 2.14. The predicted octanol–water partition coefficient (Wildman–Crippen LogP) is 3.04. The molecule has 0 aliphatic heterocycles. The summed E-state index contributed by atoms with van der Waals surface area (Å²) in [6.45, 7) is 5.82. The van der Waals surface area contributed by atoms with Crippen LogP contribution in [0.25, 0.3) is 0 Å². The Morgan fingerprint density at radius 3 is 2.75 bits per heavy atom. The van der Waals surface area contributed by atoms with Crippen molar-refractivity contribution in [3.05, 3.63) is 34.7 Å². The van der Waals surface area contributed by atoms with E-state index in [1.807, 2.05) is 31.0 Å². The number of carboxylic acid groups (broad SMARTS) is 1. The van der Waals surface area contributed by atoms with E-state index in [-0.39, 0.29) is 0 Å². The van der Waals surface area contributed by atoms with Crippen molar-refractivity contribution in [2.75, 3.05) is 11.9 Å². The Kier molecular flexibility index (Phi) is 3.85. The number of hydrogen-bond acceptors (Lipinski definition) is 5. The van der Waals surface area contributed by atoms with E-state index in [1.165, 1.54) is 11.3 Å². The van der Waals surface area contributed by atoms with E-state index >= 15 is 0 Å². The van der Waals surface area contributed by atoms with Gasteiger partial charge in [0.25, 0.3) is 0 Å². The highest BCUT2D eigenvalue weighted by Crippen LogP contribution is 2.29. The van der Waals surface area contributed by atoms with Gasteiger partial charge in [0.2, 0.25) is 0 Å². The number of carbonyl (C=O) groups is 1. The fraction of sp³-hybridized carbons (Fsp3) is 0.429. The lowest BCUT2D eigenvalue weighted by Crippen LogP contribution is -2.29. The summed E-state index contributed by atoms with van der Waals surface area (Å²) in [6, 6.07) is 3.85. The zero-order valence-electron chi connectivity index (χ0n) is 12.0. The van der Waals surface area contributed by atoms with Gasteiger partial charge in [-0.1, -0.05) is 0 Å². The number of anilines is 1. The predicted molar refractivity (Wildman–Crippen MR) is 78.3 cm³/mol. The molecule has 0 fully saturated rings. The minimum absolute atomic E-state index is 0.576. The number of hydrogen-bond donors (Lipinski definition) is 1. The van der Waals surface area contributed by atoms with Crippen molar-refractivity contribution in [2.45, 2.75) is 32.7 Å². The van der Waals surface area contributed by atoms with Crippen molar-refractivity contribution in [3.63, 3.8) is 0 Å². The first-order valence-electron chi connectivity index (χ1n) is 6.26. The normalized spacial score (nSPS) is 11.6. The first kappa shape index (κ1) is 14.6. The van der Waals surface area contributed by atoms with Gasteiger partial charge in [0.15, 0.2) is 5.13 Å². The summed E-state index contributed by atoms with van der Waals surface area (Å²) in [5, 5.41) is 11.8. The standard InChI is InChI=1S/C14H18N2O3S/c1-9-5-6-10(19-9)7-16(4)13-15-11(8-20-13)14(2,3)12(17)18/h5-6,8H,7H2,1-4H3,(H,17,18). The number of rotatable bonds is 5. The number of furan rings is 1. The summed E-state index contributed by atoms with van der Waals surface area (Å²) in [5.41, 5.74) is -0.399. The molecule has 20 heavy (non-hydrogen) atoms. The number of aromatic nitrogens is 1. The monoisotopic (exact) mass is 294 g/mol. The molecule has 0 spiro atoms. The molecule has 0 bridgehead atoms. The molecule has 0 aliphatic rings. The summed E-state index contributed by atoms with van der Waals surface area (Å²) < 4.78 is 5.53. The topological polar surface area (TPSA) is 66.6 Å². The summed E-state index contributed by atoms with van der Waals surface area (Å²) >= 11 is 1.44. The highest BCUT2D eigenvalue weighted by molar-refractivity contribution is 7.13. The summed E-state index contributed by atoms with van der Waals surface area (Å²) in [6.07, 6.45) is 0. The fourth-order valence-electron chi connectivity index (χ4n) is 1.71. The molecule has 2 aromatic rings. The molecule has 0 aliphatic carbocycles. The minimum Gasteiger partial charge on any atom is -0.481 e. The molecule has 0 aromatic carbocycles. The highest BCUT2D eigenvalue weighted by atomic mass is 32.1. The van der Waals surface area contributed by atoms with Gasteiger partial charge < -0.3 is 14.4 Å². The number of nitrogens with zero attached hydrogens (tertiary/aromatic N) is 2. The van der Waals surface area contributed by atoms with E-state index in [2.05, 4.69) is 4.98 Å². The van der Waals surface area contributed by atoms with Crippen LogP contribution in [0.3, 0.4) is 0 Å². The van der Waals surface area contributed by atoms with Gasteiger partial charge >= 0.3 is 5.97 Å². The van der Waals surface area contributed by atoms with Crippen LogP contribution in [-0.2, 0) is 16.8 Å². The van der Waals surface area contributed by atoms with Crippen molar-refractivity contribution >= 4 is 22.4 Å². The lowest BCUT2D eigenvalue weighted by atomic mass is 9.90. The molecule has 0 atom stereocenters. The van der Waals surface area contributed by atoms with Gasteiger partial charge in [-0.15, -0.1) is 11.3 Å². The van der Waals surface area contributed by atoms with Crippen molar-refractivity contribution in [1.82, 2.24) is 4.98 Å². The average molecular weight is 294 g/mol. The minimum atomic E-state index is -0.975. The first-order valence-corrected chi connectivity index (χ1v) is 7.14. The molecule has 0 unspecified atom stereocenters. The molecule has 5 nitrogen and oxygen atoms in total. The second-order valence-electron chi connectivity index (χ2n) is 5.31. The van der Waals surface area contributed by atoms with Gasteiger partial charge in [0.05, 0.1) is 12.2 Å². The van der Waals surface area contributed by atoms with Gasteiger partial charge in [0.1, 0.15) is 16.9 Å². The summed E-state index contributed by atoms with van der Waals surface area (Å²) in [4.78, 5) is 17.6. The Hall–Kier alpha value is -1.82. The molecule has 2 aromatic heterocycles. The zero-order chi connectivity index (χ0) is 14.9. The molecule has 6 heteroatoms. The summed E-state index contributed by atoms with van der Waals surface area (Å²) in [7, 11) is 1.91. The fourth-order valence-corrected chi connectivity index (χ4v) is 2.67. The molecule has 108 valence electrons. The lowest BCUT2D eigenvalue weighted by Gasteiger charge is -2.17. The lowest BCUT2D eigenvalue weighted by molar-refractivity contribution is -0.142. The van der Waals surface area contributed by atoms with Gasteiger partial charge in [-0.3, -0.25) is 4.79 Å². The Labute approximate surface area is 121 Å². The second-order valence-corrected chi connectivity index (χ2v) is 6.15. The number of aliphatic carboxylic acids is 1. The van der Waals surface area contributed by atoms with E-state index < -0.39 is 11.4 Å². The number of carboxylic acids is 1. The van der Waals surface area contributed by atoms with E-state index in [0.29, 0.717) is 12.2 Å². The molecule has 2 rings (SSSR count). The van der Waals surface area contributed by atoms with Crippen LogP contribution in [-0.4, -0.2) is 23.1 Å². The number of aryl methyl sites for hydroxylation is 1. The van der Waals surface area contributed by atoms with Crippen molar-refractivity contribution < 1.29 is 14.3 Å². The first-order chi connectivity index (χ1) is 9.30. The van der Waals surface area contributed by atoms with Crippen molar-refractivity contribution in [3.8, 4) is 0 Å². The van der Waals surface area contributed by atoms with Crippen LogP contribution in [0, 0.1) is 6.92 Å². The molecule has 2 heterocycles. The quantitative estimate of drug-likeness (QED) is 0.918. The molecule has 0 radical (unpaired) electrons. The van der Waals surface area contributed by atoms with E-state index in [9.17, 15) is 9.90 Å². The van der Waals surface area contributed by atoms with Crippen molar-refractivity contribution in [2.24, 2.45) is 0 Å². The van der Waals surface area contributed by atoms with Gasteiger partial charge in [-0.25, -0.2) is 4.98 Å². The van der Waals surface area contributed by atoms with Gasteiger partial charge in [-0.2, -0.15) is 0 Å². The van der Waals surface area contributed by atoms with Crippen LogP contribution < -0.4 is 4.90 Å². The third-order valence-corrected chi connectivity index (χ3v) is 4.14. The molecule has 0 saturated carbocycles. The highest BCUT2D eigenvalue weighted by Gasteiger charge is 2.32. The smallest absolute Gasteiger partial charge is 0.315 e. The van der Waals surface area contributed by atoms with E-state index in [1.54, 1.807) is 19.2 Å². The largest absolute Gasteiger partial charge is 0.481 e. The number of thiazole rings is 1. The molecular weight excluding hydrogens is 276 g/mol. The van der Waals surface area contributed by atoms with E-state index in [4.69, 9.17) is 4.42 Å². The third kappa shape index (κ3) is 2.85. The second kappa shape index (κ2) is 5.28. The Bertz CT molecular complexity index is 615. The van der Waals surface area contributed by atoms with Crippen LogP contribution in [0.1, 0.15) is 31.1 Å². The van der Waals surface area contributed by atoms with Crippen LogP contribution in [0.5, 0.6) is 0 Å².